The Bertz CT molecular complexity index is 442. The summed E-state index contributed by atoms with van der Waals surface area (Å²) in [5.74, 6) is 0.482. The maximum Gasteiger partial charge on any atom is 0.341 e. The summed E-state index contributed by atoms with van der Waals surface area (Å²) in [7, 11) is 1.37. The van der Waals surface area contributed by atoms with Crippen molar-refractivity contribution in [1.82, 2.24) is 0 Å². The number of hydrogen-bond acceptors (Lipinski definition) is 4. The Morgan fingerprint density at radius 1 is 1.25 bits per heavy atom. The quantitative estimate of drug-likeness (QED) is 0.563. The summed E-state index contributed by atoms with van der Waals surface area (Å²) in [6.45, 7) is 8.49. The highest BCUT2D eigenvalue weighted by atomic mass is 16.7. The minimum atomic E-state index is -0.405. The predicted molar refractivity (Wildman–Crippen MR) is 78.2 cm³/mol. The van der Waals surface area contributed by atoms with Gasteiger partial charge in [0.1, 0.15) is 11.3 Å². The molecule has 1 aromatic rings. The van der Waals surface area contributed by atoms with Gasteiger partial charge in [0.2, 0.25) is 0 Å². The molecule has 0 amide bonds. The number of ether oxygens (including phenoxy) is 3. The number of hydrogen-bond donors (Lipinski definition) is 0. The highest BCUT2D eigenvalue weighted by Crippen LogP contribution is 2.27. The van der Waals surface area contributed by atoms with E-state index in [0.717, 1.165) is 12.0 Å². The molecule has 0 bridgehead atoms. The number of carbonyl (C=O) groups excluding carboxylic acids is 1. The third kappa shape index (κ3) is 4.23. The molecule has 20 heavy (non-hydrogen) atoms. The van der Waals surface area contributed by atoms with Gasteiger partial charge in [-0.15, -0.1) is 0 Å². The lowest BCUT2D eigenvalue weighted by atomic mass is 9.96. The molecule has 0 N–H and O–H groups in total. The second-order valence-corrected chi connectivity index (χ2v) is 4.70. The molecule has 0 fully saturated rings. The molecule has 1 rings (SSSR count). The van der Waals surface area contributed by atoms with E-state index in [4.69, 9.17) is 14.2 Å². The minimum Gasteiger partial charge on any atom is -0.465 e. The zero-order valence-corrected chi connectivity index (χ0v) is 12.9. The first-order valence-corrected chi connectivity index (χ1v) is 7.03. The summed E-state index contributed by atoms with van der Waals surface area (Å²) < 4.78 is 15.8. The molecule has 0 aliphatic carbocycles. The van der Waals surface area contributed by atoms with Gasteiger partial charge >= 0.3 is 5.97 Å². The van der Waals surface area contributed by atoms with Gasteiger partial charge in [-0.1, -0.05) is 19.9 Å². The molecule has 0 spiro atoms. The van der Waals surface area contributed by atoms with E-state index in [2.05, 4.69) is 13.8 Å². The third-order valence-electron chi connectivity index (χ3n) is 3.28. The van der Waals surface area contributed by atoms with Crippen LogP contribution in [0.1, 0.15) is 56.0 Å². The van der Waals surface area contributed by atoms with Crippen LogP contribution in [0.15, 0.2) is 18.2 Å². The molecule has 0 heterocycles. The topological polar surface area (TPSA) is 44.8 Å². The molecule has 0 aliphatic rings. The van der Waals surface area contributed by atoms with E-state index in [0.29, 0.717) is 23.8 Å². The molecule has 0 aliphatic heterocycles. The number of rotatable bonds is 7. The first-order valence-electron chi connectivity index (χ1n) is 7.03. The number of carbonyl (C=O) groups is 1. The highest BCUT2D eigenvalue weighted by Gasteiger charge is 2.17. The van der Waals surface area contributed by atoms with Crippen molar-refractivity contribution in [3.8, 4) is 5.75 Å². The molecular weight excluding hydrogens is 256 g/mol. The normalized spacial score (nSPS) is 13.7. The number of esters is 1. The fourth-order valence-electron chi connectivity index (χ4n) is 1.91. The fraction of sp³-hybridized carbons (Fsp3) is 0.562. The van der Waals surface area contributed by atoms with Gasteiger partial charge in [0.05, 0.1) is 7.11 Å². The van der Waals surface area contributed by atoms with Crippen molar-refractivity contribution in [3.05, 3.63) is 29.3 Å². The number of benzene rings is 1. The van der Waals surface area contributed by atoms with Crippen LogP contribution in [0.25, 0.3) is 0 Å². The van der Waals surface area contributed by atoms with Gasteiger partial charge in [-0.3, -0.25) is 0 Å². The predicted octanol–water partition coefficient (Wildman–Crippen LogP) is 3.75. The molecule has 1 aromatic carbocycles. The Hall–Kier alpha value is -1.55. The summed E-state index contributed by atoms with van der Waals surface area (Å²) in [4.78, 5) is 11.9. The summed E-state index contributed by atoms with van der Waals surface area (Å²) in [6, 6.07) is 5.63. The van der Waals surface area contributed by atoms with Gasteiger partial charge in [-0.2, -0.15) is 0 Å². The van der Waals surface area contributed by atoms with Gasteiger partial charge in [-0.25, -0.2) is 4.79 Å². The van der Waals surface area contributed by atoms with E-state index in [-0.39, 0.29) is 0 Å². The van der Waals surface area contributed by atoms with Crippen LogP contribution in [0.3, 0.4) is 0 Å². The lowest BCUT2D eigenvalue weighted by molar-refractivity contribution is -0.0617. The molecule has 112 valence electrons. The van der Waals surface area contributed by atoms with E-state index in [1.165, 1.54) is 7.11 Å². The van der Waals surface area contributed by atoms with Gasteiger partial charge in [0.15, 0.2) is 6.29 Å². The number of methoxy groups -OCH3 is 1. The largest absolute Gasteiger partial charge is 0.465 e. The van der Waals surface area contributed by atoms with E-state index >= 15 is 0 Å². The van der Waals surface area contributed by atoms with Crippen LogP contribution in [-0.2, 0) is 9.47 Å². The second kappa shape index (κ2) is 7.90. The lowest BCUT2D eigenvalue weighted by Crippen LogP contribution is -2.18. The molecule has 2 unspecified atom stereocenters. The van der Waals surface area contributed by atoms with Crippen LogP contribution >= 0.6 is 0 Å². The lowest BCUT2D eigenvalue weighted by Gasteiger charge is -2.18. The molecule has 4 nitrogen and oxygen atoms in total. The monoisotopic (exact) mass is 280 g/mol. The summed E-state index contributed by atoms with van der Waals surface area (Å²) in [6.07, 6.45) is 0.605. The zero-order chi connectivity index (χ0) is 15.1. The summed E-state index contributed by atoms with van der Waals surface area (Å²) in [5.41, 5.74) is 1.54. The Morgan fingerprint density at radius 3 is 2.50 bits per heavy atom. The van der Waals surface area contributed by atoms with Gasteiger partial charge in [-0.05, 0) is 43.9 Å². The molecular formula is C16H24O4. The van der Waals surface area contributed by atoms with Gasteiger partial charge in [0, 0.05) is 6.61 Å². The van der Waals surface area contributed by atoms with Crippen LogP contribution in [-0.4, -0.2) is 26.0 Å². The molecule has 0 aromatic heterocycles. The zero-order valence-electron chi connectivity index (χ0n) is 12.9. The average Bonchev–Trinajstić information content (AvgIpc) is 2.46. The SMILES string of the molecule is CCOC(C)Oc1ccc(C(C)CC)cc1C(=O)OC. The minimum absolute atomic E-state index is 0.386. The highest BCUT2D eigenvalue weighted by molar-refractivity contribution is 5.92. The van der Waals surface area contributed by atoms with E-state index in [9.17, 15) is 4.79 Å². The summed E-state index contributed by atoms with van der Waals surface area (Å²) >= 11 is 0. The molecule has 4 heteroatoms. The van der Waals surface area contributed by atoms with Gasteiger partial charge in [0.25, 0.3) is 0 Å². The van der Waals surface area contributed by atoms with Crippen molar-refractivity contribution < 1.29 is 19.0 Å². The average molecular weight is 280 g/mol. The van der Waals surface area contributed by atoms with Crippen molar-refractivity contribution in [2.24, 2.45) is 0 Å². The van der Waals surface area contributed by atoms with Crippen molar-refractivity contribution in [3.63, 3.8) is 0 Å². The van der Waals surface area contributed by atoms with Crippen LogP contribution in [0, 0.1) is 0 Å². The molecule has 2 atom stereocenters. The van der Waals surface area contributed by atoms with Crippen LogP contribution in [0.2, 0.25) is 0 Å². The first-order chi connectivity index (χ1) is 9.53. The molecule has 0 saturated carbocycles. The second-order valence-electron chi connectivity index (χ2n) is 4.70. The Labute approximate surface area is 121 Å². The van der Waals surface area contributed by atoms with E-state index in [1.807, 2.05) is 25.1 Å². The van der Waals surface area contributed by atoms with Crippen LogP contribution in [0.4, 0.5) is 0 Å². The van der Waals surface area contributed by atoms with E-state index < -0.39 is 12.3 Å². The smallest absolute Gasteiger partial charge is 0.341 e. The van der Waals surface area contributed by atoms with Crippen molar-refractivity contribution in [2.45, 2.75) is 46.3 Å². The summed E-state index contributed by atoms with van der Waals surface area (Å²) in [5, 5.41) is 0. The van der Waals surface area contributed by atoms with Crippen molar-refractivity contribution in [2.75, 3.05) is 13.7 Å². The maximum absolute atomic E-state index is 11.9. The Morgan fingerprint density at radius 2 is 1.95 bits per heavy atom. The molecule has 0 radical (unpaired) electrons. The van der Waals surface area contributed by atoms with Crippen LogP contribution < -0.4 is 4.74 Å². The standard InChI is InChI=1S/C16H24O4/c1-6-11(3)13-8-9-15(20-12(4)19-7-2)14(10-13)16(17)18-5/h8-12H,6-7H2,1-5H3. The Kier molecular flexibility index (Phi) is 6.52. The van der Waals surface area contributed by atoms with Gasteiger partial charge < -0.3 is 14.2 Å². The van der Waals surface area contributed by atoms with Crippen molar-refractivity contribution in [1.29, 1.82) is 0 Å². The Balaban J connectivity index is 3.07. The first kappa shape index (κ1) is 16.5. The van der Waals surface area contributed by atoms with E-state index in [1.54, 1.807) is 6.92 Å². The maximum atomic E-state index is 11.9. The van der Waals surface area contributed by atoms with Crippen LogP contribution in [0.5, 0.6) is 5.75 Å². The third-order valence-corrected chi connectivity index (χ3v) is 3.28. The fourth-order valence-corrected chi connectivity index (χ4v) is 1.91. The molecule has 0 saturated heterocycles. The van der Waals surface area contributed by atoms with Crippen molar-refractivity contribution >= 4 is 5.97 Å².